The topological polar surface area (TPSA) is 18.1 Å². The van der Waals surface area contributed by atoms with Crippen LogP contribution in [0.25, 0.3) is 60.6 Å². The van der Waals surface area contributed by atoms with Gasteiger partial charge in [0, 0.05) is 27.2 Å². The molecule has 2 aromatic heterocycles. The predicted molar refractivity (Wildman–Crippen MR) is 138 cm³/mol. The van der Waals surface area contributed by atoms with Crippen LogP contribution in [0, 0.1) is 6.92 Å². The second-order valence-corrected chi connectivity index (χ2v) is 8.73. The van der Waals surface area contributed by atoms with E-state index in [-0.39, 0.29) is 0 Å². The summed E-state index contributed by atoms with van der Waals surface area (Å²) in [6.07, 6.45) is 0. The van der Waals surface area contributed by atoms with Crippen LogP contribution < -0.4 is 0 Å². The van der Waals surface area contributed by atoms with Crippen molar-refractivity contribution < 1.29 is 4.42 Å². The van der Waals surface area contributed by atoms with E-state index in [2.05, 4.69) is 109 Å². The van der Waals surface area contributed by atoms with Gasteiger partial charge in [-0.15, -0.1) is 0 Å². The summed E-state index contributed by atoms with van der Waals surface area (Å²) < 4.78 is 8.43. The van der Waals surface area contributed by atoms with E-state index in [4.69, 9.17) is 4.42 Å². The summed E-state index contributed by atoms with van der Waals surface area (Å²) in [6.45, 7) is 2.14. The normalized spacial score (nSPS) is 11.8. The third kappa shape index (κ3) is 2.74. The first-order chi connectivity index (χ1) is 16.3. The number of fused-ring (bicyclic) bond motifs is 6. The molecule has 2 nitrogen and oxygen atoms in total. The standard InChI is InChI=1S/C31H21NO/c1-20-7-6-8-21(17-20)22-13-15-29-26(18-22)24-9-2-4-11-28(24)32(29)23-14-16-31-27(19-23)25-10-3-5-12-30(25)33-31/h2-19H,1H3. The van der Waals surface area contributed by atoms with Crippen molar-refractivity contribution in [1.29, 1.82) is 0 Å². The Bertz CT molecular complexity index is 1830. The van der Waals surface area contributed by atoms with Gasteiger partial charge in [0.25, 0.3) is 0 Å². The monoisotopic (exact) mass is 423 g/mol. The molecular weight excluding hydrogens is 402 g/mol. The highest BCUT2D eigenvalue weighted by molar-refractivity contribution is 6.11. The summed E-state index contributed by atoms with van der Waals surface area (Å²) in [7, 11) is 0. The Morgan fingerprint density at radius 2 is 1.27 bits per heavy atom. The Labute approximate surface area is 191 Å². The zero-order valence-corrected chi connectivity index (χ0v) is 18.2. The smallest absolute Gasteiger partial charge is 0.135 e. The van der Waals surface area contributed by atoms with E-state index in [1.54, 1.807) is 0 Å². The SMILES string of the molecule is Cc1cccc(-c2ccc3c(c2)c2ccccc2n3-c2ccc3oc4ccccc4c3c2)c1. The molecule has 0 amide bonds. The Morgan fingerprint density at radius 1 is 0.515 bits per heavy atom. The third-order valence-corrected chi connectivity index (χ3v) is 6.64. The highest BCUT2D eigenvalue weighted by Gasteiger charge is 2.15. The van der Waals surface area contributed by atoms with Gasteiger partial charge in [-0.05, 0) is 60.5 Å². The number of para-hydroxylation sites is 2. The van der Waals surface area contributed by atoms with Gasteiger partial charge in [0.2, 0.25) is 0 Å². The molecule has 7 rings (SSSR count). The molecule has 0 unspecified atom stereocenters. The van der Waals surface area contributed by atoms with Crippen LogP contribution in [0.5, 0.6) is 0 Å². The lowest BCUT2D eigenvalue weighted by atomic mass is 10.0. The second kappa shape index (κ2) is 6.85. The number of aromatic nitrogens is 1. The van der Waals surface area contributed by atoms with Crippen LogP contribution in [0.2, 0.25) is 0 Å². The number of benzene rings is 5. The molecule has 0 spiro atoms. The quantitative estimate of drug-likeness (QED) is 0.272. The molecule has 2 heteroatoms. The minimum Gasteiger partial charge on any atom is -0.456 e. The average molecular weight is 424 g/mol. The zero-order valence-electron chi connectivity index (χ0n) is 18.2. The summed E-state index contributed by atoms with van der Waals surface area (Å²) in [5.74, 6) is 0. The molecule has 0 saturated heterocycles. The Morgan fingerprint density at radius 3 is 2.18 bits per heavy atom. The van der Waals surface area contributed by atoms with Gasteiger partial charge in [0.05, 0.1) is 11.0 Å². The molecule has 0 aliphatic carbocycles. The van der Waals surface area contributed by atoms with Crippen LogP contribution in [0.3, 0.4) is 0 Å². The van der Waals surface area contributed by atoms with Gasteiger partial charge in [0.1, 0.15) is 11.2 Å². The molecule has 0 radical (unpaired) electrons. The number of rotatable bonds is 2. The number of hydrogen-bond donors (Lipinski definition) is 0. The summed E-state index contributed by atoms with van der Waals surface area (Å²) in [4.78, 5) is 0. The van der Waals surface area contributed by atoms with Crippen molar-refractivity contribution in [3.63, 3.8) is 0 Å². The summed E-state index contributed by atoms with van der Waals surface area (Å²) in [6, 6.07) is 38.9. The van der Waals surface area contributed by atoms with E-state index < -0.39 is 0 Å². The predicted octanol–water partition coefficient (Wildman–Crippen LogP) is 8.66. The van der Waals surface area contributed by atoms with Crippen LogP contribution in [0.1, 0.15) is 5.56 Å². The maximum Gasteiger partial charge on any atom is 0.135 e. The van der Waals surface area contributed by atoms with E-state index in [0.29, 0.717) is 0 Å². The van der Waals surface area contributed by atoms with Crippen molar-refractivity contribution in [1.82, 2.24) is 4.57 Å². The lowest BCUT2D eigenvalue weighted by Crippen LogP contribution is -1.93. The average Bonchev–Trinajstić information content (AvgIpc) is 3.39. The fourth-order valence-electron chi connectivity index (χ4n) is 5.11. The number of furan rings is 1. The Balaban J connectivity index is 1.52. The van der Waals surface area contributed by atoms with Crippen molar-refractivity contribution in [2.24, 2.45) is 0 Å². The van der Waals surface area contributed by atoms with Gasteiger partial charge in [0.15, 0.2) is 0 Å². The third-order valence-electron chi connectivity index (χ3n) is 6.64. The van der Waals surface area contributed by atoms with Crippen molar-refractivity contribution in [3.8, 4) is 16.8 Å². The molecule has 0 aliphatic rings. The summed E-state index contributed by atoms with van der Waals surface area (Å²) in [5.41, 5.74) is 9.17. The molecule has 33 heavy (non-hydrogen) atoms. The Kier molecular flexibility index (Phi) is 3.80. The van der Waals surface area contributed by atoms with Crippen LogP contribution >= 0.6 is 0 Å². The molecule has 5 aromatic carbocycles. The van der Waals surface area contributed by atoms with E-state index in [1.165, 1.54) is 38.5 Å². The second-order valence-electron chi connectivity index (χ2n) is 8.73. The summed E-state index contributed by atoms with van der Waals surface area (Å²) in [5, 5.41) is 4.82. The van der Waals surface area contributed by atoms with Crippen LogP contribution in [0.15, 0.2) is 114 Å². The minimum atomic E-state index is 0.919. The highest BCUT2D eigenvalue weighted by Crippen LogP contribution is 2.37. The van der Waals surface area contributed by atoms with Crippen molar-refractivity contribution in [3.05, 3.63) is 115 Å². The molecule has 0 bridgehead atoms. The lowest BCUT2D eigenvalue weighted by molar-refractivity contribution is 0.669. The van der Waals surface area contributed by atoms with Crippen molar-refractivity contribution in [2.45, 2.75) is 6.92 Å². The van der Waals surface area contributed by atoms with Crippen molar-refractivity contribution >= 4 is 43.7 Å². The molecule has 0 aliphatic heterocycles. The first-order valence-corrected chi connectivity index (χ1v) is 11.3. The van der Waals surface area contributed by atoms with Crippen LogP contribution in [-0.4, -0.2) is 4.57 Å². The fourth-order valence-corrected chi connectivity index (χ4v) is 5.11. The van der Waals surface area contributed by atoms with Crippen LogP contribution in [-0.2, 0) is 0 Å². The van der Waals surface area contributed by atoms with E-state index in [1.807, 2.05) is 12.1 Å². The first kappa shape index (κ1) is 18.3. The molecule has 0 fully saturated rings. The molecular formula is C31H21NO. The Hall–Kier alpha value is -4.30. The first-order valence-electron chi connectivity index (χ1n) is 11.3. The minimum absolute atomic E-state index is 0.919. The maximum atomic E-state index is 6.06. The summed E-state index contributed by atoms with van der Waals surface area (Å²) >= 11 is 0. The van der Waals surface area contributed by atoms with E-state index in [0.717, 1.165) is 27.6 Å². The molecule has 0 saturated carbocycles. The number of aryl methyl sites for hydroxylation is 1. The van der Waals surface area contributed by atoms with E-state index >= 15 is 0 Å². The van der Waals surface area contributed by atoms with Crippen LogP contribution in [0.4, 0.5) is 0 Å². The van der Waals surface area contributed by atoms with Gasteiger partial charge >= 0.3 is 0 Å². The van der Waals surface area contributed by atoms with Gasteiger partial charge in [-0.2, -0.15) is 0 Å². The number of hydrogen-bond acceptors (Lipinski definition) is 1. The molecule has 2 heterocycles. The van der Waals surface area contributed by atoms with Gasteiger partial charge in [-0.3, -0.25) is 0 Å². The molecule has 0 N–H and O–H groups in total. The fraction of sp³-hybridized carbons (Fsp3) is 0.0323. The van der Waals surface area contributed by atoms with Gasteiger partial charge in [-0.1, -0.05) is 72.3 Å². The molecule has 156 valence electrons. The van der Waals surface area contributed by atoms with Crippen molar-refractivity contribution in [2.75, 3.05) is 0 Å². The zero-order chi connectivity index (χ0) is 21.9. The maximum absolute atomic E-state index is 6.06. The highest BCUT2D eigenvalue weighted by atomic mass is 16.3. The largest absolute Gasteiger partial charge is 0.456 e. The molecule has 7 aromatic rings. The van der Waals surface area contributed by atoms with Gasteiger partial charge < -0.3 is 8.98 Å². The lowest BCUT2D eigenvalue weighted by Gasteiger charge is -2.09. The van der Waals surface area contributed by atoms with E-state index in [9.17, 15) is 0 Å². The molecule has 0 atom stereocenters. The number of nitrogens with zero attached hydrogens (tertiary/aromatic N) is 1. The van der Waals surface area contributed by atoms with Gasteiger partial charge in [-0.25, -0.2) is 0 Å².